The van der Waals surface area contributed by atoms with Gasteiger partial charge >= 0.3 is 0 Å². The molecule has 0 unspecified atom stereocenters. The lowest BCUT2D eigenvalue weighted by molar-refractivity contribution is 1.18. The van der Waals surface area contributed by atoms with Gasteiger partial charge in [0.15, 0.2) is 5.82 Å². The SMILES string of the molecule is c1ccc(-c2cccc(-c3cc(-c4ccc(-c5ccc(-c6nc7ccccc7c7c8ccccc8c8ccccc8c67)cc5)cc4)nc(-c4ccccc4)n3)c2)cc1. The van der Waals surface area contributed by atoms with Crippen LogP contribution in [-0.4, -0.2) is 15.0 Å². The Morgan fingerprint density at radius 2 is 0.690 bits per heavy atom. The zero-order chi connectivity index (χ0) is 38.4. The lowest BCUT2D eigenvalue weighted by Crippen LogP contribution is -1.96. The van der Waals surface area contributed by atoms with Crippen molar-refractivity contribution < 1.29 is 0 Å². The number of nitrogens with zero attached hydrogens (tertiary/aromatic N) is 3. The maximum Gasteiger partial charge on any atom is 0.160 e. The molecule has 0 bridgehead atoms. The van der Waals surface area contributed by atoms with Crippen LogP contribution in [-0.2, 0) is 0 Å². The minimum atomic E-state index is 0.702. The molecule has 3 nitrogen and oxygen atoms in total. The van der Waals surface area contributed by atoms with Gasteiger partial charge in [-0.25, -0.2) is 15.0 Å². The molecule has 0 N–H and O–H groups in total. The topological polar surface area (TPSA) is 38.7 Å². The molecule has 270 valence electrons. The van der Waals surface area contributed by atoms with Crippen molar-refractivity contribution in [1.82, 2.24) is 15.0 Å². The molecule has 0 fully saturated rings. The summed E-state index contributed by atoms with van der Waals surface area (Å²) in [7, 11) is 0. The molecule has 9 aromatic carbocycles. The van der Waals surface area contributed by atoms with Crippen LogP contribution in [0.4, 0.5) is 0 Å². The van der Waals surface area contributed by atoms with Crippen LogP contribution in [0.15, 0.2) is 212 Å². The van der Waals surface area contributed by atoms with Gasteiger partial charge in [-0.05, 0) is 62.0 Å². The Labute approximate surface area is 336 Å². The highest BCUT2D eigenvalue weighted by Crippen LogP contribution is 2.43. The van der Waals surface area contributed by atoms with E-state index in [0.717, 1.165) is 61.5 Å². The minimum Gasteiger partial charge on any atom is -0.247 e. The van der Waals surface area contributed by atoms with Crippen molar-refractivity contribution in [3.05, 3.63) is 212 Å². The van der Waals surface area contributed by atoms with E-state index in [4.69, 9.17) is 15.0 Å². The predicted octanol–water partition coefficient (Wildman–Crippen LogP) is 14.5. The number of pyridine rings is 1. The van der Waals surface area contributed by atoms with Crippen LogP contribution >= 0.6 is 0 Å². The Kier molecular flexibility index (Phi) is 8.15. The number of rotatable bonds is 6. The van der Waals surface area contributed by atoms with Gasteiger partial charge in [0.25, 0.3) is 0 Å². The van der Waals surface area contributed by atoms with E-state index in [2.05, 4.69) is 188 Å². The summed E-state index contributed by atoms with van der Waals surface area (Å²) in [6, 6.07) is 75.0. The number of aromatic nitrogens is 3. The number of fused-ring (bicyclic) bond motifs is 8. The lowest BCUT2D eigenvalue weighted by Gasteiger charge is -2.16. The van der Waals surface area contributed by atoms with Gasteiger partial charge in [-0.15, -0.1) is 0 Å². The minimum absolute atomic E-state index is 0.702. The summed E-state index contributed by atoms with van der Waals surface area (Å²) < 4.78 is 0. The molecule has 0 atom stereocenters. The van der Waals surface area contributed by atoms with E-state index in [1.54, 1.807) is 0 Å². The van der Waals surface area contributed by atoms with Crippen molar-refractivity contribution in [2.75, 3.05) is 0 Å². The fraction of sp³-hybridized carbons (Fsp3) is 0. The fourth-order valence-electron chi connectivity index (χ4n) is 8.44. The predicted molar refractivity (Wildman–Crippen MR) is 242 cm³/mol. The Hall–Kier alpha value is -7.75. The molecular weight excluding hydrogens is 703 g/mol. The molecule has 0 aliphatic carbocycles. The van der Waals surface area contributed by atoms with Crippen molar-refractivity contribution >= 4 is 43.2 Å². The average molecular weight is 738 g/mol. The van der Waals surface area contributed by atoms with E-state index in [9.17, 15) is 0 Å². The standard InChI is InChI=1S/C55H35N3/c1-3-14-36(15-4-1)42-18-13-19-43(34-42)51-35-50(57-55(58-51)41-16-5-2-6-17-41)39-30-26-37(27-31-39)38-28-32-40(33-29-38)54-53-47-23-10-8-21-45(47)44-20-7-9-22-46(44)52(53)48-24-11-12-25-49(48)56-54/h1-35H. The van der Waals surface area contributed by atoms with Crippen molar-refractivity contribution in [3.63, 3.8) is 0 Å². The summed E-state index contributed by atoms with van der Waals surface area (Å²) in [6.07, 6.45) is 0. The molecule has 3 heteroatoms. The number of hydrogen-bond acceptors (Lipinski definition) is 3. The van der Waals surface area contributed by atoms with E-state index >= 15 is 0 Å². The monoisotopic (exact) mass is 737 g/mol. The molecule has 58 heavy (non-hydrogen) atoms. The largest absolute Gasteiger partial charge is 0.247 e. The van der Waals surface area contributed by atoms with E-state index in [1.807, 2.05) is 24.3 Å². The second-order valence-corrected chi connectivity index (χ2v) is 14.7. The zero-order valence-electron chi connectivity index (χ0n) is 31.5. The van der Waals surface area contributed by atoms with Crippen LogP contribution in [0.1, 0.15) is 0 Å². The summed E-state index contributed by atoms with van der Waals surface area (Å²) in [5.41, 5.74) is 12.5. The summed E-state index contributed by atoms with van der Waals surface area (Å²) in [6.45, 7) is 0. The van der Waals surface area contributed by atoms with E-state index in [0.29, 0.717) is 5.82 Å². The summed E-state index contributed by atoms with van der Waals surface area (Å²) in [4.78, 5) is 15.5. The van der Waals surface area contributed by atoms with E-state index in [-0.39, 0.29) is 0 Å². The normalized spacial score (nSPS) is 11.4. The Balaban J connectivity index is 0.981. The third-order valence-electron chi connectivity index (χ3n) is 11.3. The highest BCUT2D eigenvalue weighted by atomic mass is 14.9. The quantitative estimate of drug-likeness (QED) is 0.160. The smallest absolute Gasteiger partial charge is 0.160 e. The summed E-state index contributed by atoms with van der Waals surface area (Å²) >= 11 is 0. The van der Waals surface area contributed by atoms with Gasteiger partial charge in [0.05, 0.1) is 22.6 Å². The first-order chi connectivity index (χ1) is 28.7. The van der Waals surface area contributed by atoms with Crippen molar-refractivity contribution in [2.24, 2.45) is 0 Å². The molecule has 0 aliphatic heterocycles. The second-order valence-electron chi connectivity index (χ2n) is 14.7. The van der Waals surface area contributed by atoms with Crippen LogP contribution in [0.5, 0.6) is 0 Å². The molecule has 0 radical (unpaired) electrons. The Morgan fingerprint density at radius 1 is 0.241 bits per heavy atom. The maximum absolute atomic E-state index is 5.34. The first-order valence-electron chi connectivity index (χ1n) is 19.7. The first kappa shape index (κ1) is 33.6. The Morgan fingerprint density at radius 3 is 1.34 bits per heavy atom. The fourth-order valence-corrected chi connectivity index (χ4v) is 8.44. The molecule has 11 aromatic rings. The third kappa shape index (κ3) is 5.89. The van der Waals surface area contributed by atoms with Gasteiger partial charge in [0.2, 0.25) is 0 Å². The van der Waals surface area contributed by atoms with Crippen LogP contribution in [0.3, 0.4) is 0 Å². The average Bonchev–Trinajstić information content (AvgIpc) is 3.32. The number of hydrogen-bond donors (Lipinski definition) is 0. The molecule has 2 heterocycles. The molecule has 0 amide bonds. The van der Waals surface area contributed by atoms with Gasteiger partial charge in [0, 0.05) is 38.4 Å². The van der Waals surface area contributed by atoms with E-state index < -0.39 is 0 Å². The molecule has 0 spiro atoms. The second kappa shape index (κ2) is 14.1. The molecule has 0 aliphatic rings. The zero-order valence-corrected chi connectivity index (χ0v) is 31.5. The first-order valence-corrected chi connectivity index (χ1v) is 19.7. The van der Waals surface area contributed by atoms with Crippen molar-refractivity contribution in [3.8, 4) is 67.4 Å². The Bertz CT molecular complexity index is 3300. The van der Waals surface area contributed by atoms with Crippen LogP contribution in [0.2, 0.25) is 0 Å². The van der Waals surface area contributed by atoms with Crippen LogP contribution < -0.4 is 0 Å². The van der Waals surface area contributed by atoms with E-state index in [1.165, 1.54) is 43.3 Å². The summed E-state index contributed by atoms with van der Waals surface area (Å²) in [5.74, 6) is 0.702. The maximum atomic E-state index is 5.34. The highest BCUT2D eigenvalue weighted by molar-refractivity contribution is 6.33. The van der Waals surface area contributed by atoms with Crippen molar-refractivity contribution in [1.29, 1.82) is 0 Å². The lowest BCUT2D eigenvalue weighted by atomic mass is 9.89. The van der Waals surface area contributed by atoms with Gasteiger partial charge < -0.3 is 0 Å². The highest BCUT2D eigenvalue weighted by Gasteiger charge is 2.18. The van der Waals surface area contributed by atoms with Crippen LogP contribution in [0, 0.1) is 0 Å². The molecule has 0 saturated carbocycles. The van der Waals surface area contributed by atoms with Gasteiger partial charge in [-0.1, -0.05) is 194 Å². The number of benzene rings is 9. The molecular formula is C55H35N3. The third-order valence-corrected chi connectivity index (χ3v) is 11.3. The van der Waals surface area contributed by atoms with Crippen LogP contribution in [0.25, 0.3) is 111 Å². The molecule has 11 rings (SSSR count). The van der Waals surface area contributed by atoms with Crippen molar-refractivity contribution in [2.45, 2.75) is 0 Å². The van der Waals surface area contributed by atoms with Gasteiger partial charge in [-0.2, -0.15) is 0 Å². The summed E-state index contributed by atoms with van der Waals surface area (Å²) in [5, 5.41) is 8.59. The molecule has 0 saturated heterocycles. The van der Waals surface area contributed by atoms with Gasteiger partial charge in [-0.3, -0.25) is 0 Å². The van der Waals surface area contributed by atoms with Gasteiger partial charge in [0.1, 0.15) is 0 Å². The molecule has 2 aromatic heterocycles. The number of para-hydroxylation sites is 1.